The summed E-state index contributed by atoms with van der Waals surface area (Å²) in [7, 11) is 4.66. The SMILES string of the molecule is COc1ccc([C@H](C)NC(=O)c2cc(Cl)ccc2OC)cc1OC. The van der Waals surface area contributed by atoms with Gasteiger partial charge in [0.1, 0.15) is 5.75 Å². The zero-order chi connectivity index (χ0) is 17.7. The molecule has 0 bridgehead atoms. The summed E-state index contributed by atoms with van der Waals surface area (Å²) in [6.07, 6.45) is 0. The molecule has 5 nitrogen and oxygen atoms in total. The highest BCUT2D eigenvalue weighted by atomic mass is 35.5. The van der Waals surface area contributed by atoms with Crippen LogP contribution in [0.4, 0.5) is 0 Å². The van der Waals surface area contributed by atoms with Crippen LogP contribution in [-0.2, 0) is 0 Å². The van der Waals surface area contributed by atoms with E-state index < -0.39 is 0 Å². The normalized spacial score (nSPS) is 11.5. The molecule has 2 aromatic carbocycles. The van der Waals surface area contributed by atoms with Crippen LogP contribution in [0.1, 0.15) is 28.9 Å². The lowest BCUT2D eigenvalue weighted by atomic mass is 10.1. The van der Waals surface area contributed by atoms with E-state index >= 15 is 0 Å². The van der Waals surface area contributed by atoms with Crippen molar-refractivity contribution in [3.63, 3.8) is 0 Å². The Labute approximate surface area is 146 Å². The van der Waals surface area contributed by atoms with Crippen molar-refractivity contribution < 1.29 is 19.0 Å². The molecule has 2 rings (SSSR count). The monoisotopic (exact) mass is 349 g/mol. The van der Waals surface area contributed by atoms with Gasteiger partial charge in [0, 0.05) is 5.02 Å². The van der Waals surface area contributed by atoms with Crippen LogP contribution >= 0.6 is 11.6 Å². The fraction of sp³-hybridized carbons (Fsp3) is 0.278. The van der Waals surface area contributed by atoms with Crippen molar-refractivity contribution in [2.75, 3.05) is 21.3 Å². The van der Waals surface area contributed by atoms with Gasteiger partial charge in [0.05, 0.1) is 32.9 Å². The minimum absolute atomic E-state index is 0.235. The highest BCUT2D eigenvalue weighted by molar-refractivity contribution is 6.31. The summed E-state index contributed by atoms with van der Waals surface area (Å²) < 4.78 is 15.7. The minimum atomic E-state index is -0.267. The maximum Gasteiger partial charge on any atom is 0.255 e. The van der Waals surface area contributed by atoms with Gasteiger partial charge in [-0.1, -0.05) is 17.7 Å². The van der Waals surface area contributed by atoms with Gasteiger partial charge >= 0.3 is 0 Å². The van der Waals surface area contributed by atoms with Gasteiger partial charge in [0.25, 0.3) is 5.91 Å². The first-order valence-corrected chi connectivity index (χ1v) is 7.74. The Hall–Kier alpha value is -2.40. The van der Waals surface area contributed by atoms with Crippen molar-refractivity contribution in [2.45, 2.75) is 13.0 Å². The van der Waals surface area contributed by atoms with E-state index in [2.05, 4.69) is 5.32 Å². The van der Waals surface area contributed by atoms with E-state index in [9.17, 15) is 4.79 Å². The van der Waals surface area contributed by atoms with Crippen LogP contribution in [0.2, 0.25) is 5.02 Å². The van der Waals surface area contributed by atoms with Crippen LogP contribution in [0.15, 0.2) is 36.4 Å². The summed E-state index contributed by atoms with van der Waals surface area (Å²) in [6, 6.07) is 10.2. The molecule has 0 aliphatic rings. The van der Waals surface area contributed by atoms with E-state index in [-0.39, 0.29) is 11.9 Å². The Kier molecular flexibility index (Phi) is 5.93. The van der Waals surface area contributed by atoms with E-state index in [0.29, 0.717) is 27.8 Å². The largest absolute Gasteiger partial charge is 0.496 e. The predicted molar refractivity (Wildman–Crippen MR) is 93.4 cm³/mol. The van der Waals surface area contributed by atoms with Crippen LogP contribution in [0.3, 0.4) is 0 Å². The molecule has 0 saturated heterocycles. The average molecular weight is 350 g/mol. The molecule has 0 heterocycles. The van der Waals surface area contributed by atoms with Gasteiger partial charge in [-0.3, -0.25) is 4.79 Å². The van der Waals surface area contributed by atoms with Crippen LogP contribution in [0, 0.1) is 0 Å². The van der Waals surface area contributed by atoms with Crippen molar-refractivity contribution in [3.05, 3.63) is 52.5 Å². The lowest BCUT2D eigenvalue weighted by Gasteiger charge is -2.17. The summed E-state index contributed by atoms with van der Waals surface area (Å²) in [6.45, 7) is 1.89. The fourth-order valence-corrected chi connectivity index (χ4v) is 2.51. The highest BCUT2D eigenvalue weighted by Gasteiger charge is 2.17. The third-order valence-corrected chi connectivity index (χ3v) is 3.90. The number of halogens is 1. The molecule has 24 heavy (non-hydrogen) atoms. The van der Waals surface area contributed by atoms with Gasteiger partial charge in [-0.2, -0.15) is 0 Å². The lowest BCUT2D eigenvalue weighted by Crippen LogP contribution is -2.27. The summed E-state index contributed by atoms with van der Waals surface area (Å²) in [5.74, 6) is 1.45. The van der Waals surface area contributed by atoms with E-state index in [1.807, 2.05) is 19.1 Å². The smallest absolute Gasteiger partial charge is 0.255 e. The second-order valence-electron chi connectivity index (χ2n) is 5.15. The topological polar surface area (TPSA) is 56.8 Å². The molecule has 0 aliphatic heterocycles. The Morgan fingerprint density at radius 2 is 1.58 bits per heavy atom. The first kappa shape index (κ1) is 17.9. The van der Waals surface area contributed by atoms with E-state index in [1.165, 1.54) is 7.11 Å². The Morgan fingerprint density at radius 3 is 2.21 bits per heavy atom. The van der Waals surface area contributed by atoms with Crippen LogP contribution in [-0.4, -0.2) is 27.2 Å². The third-order valence-electron chi connectivity index (χ3n) is 3.66. The molecule has 1 atom stereocenters. The van der Waals surface area contributed by atoms with Gasteiger partial charge < -0.3 is 19.5 Å². The summed E-state index contributed by atoms with van der Waals surface area (Å²) >= 11 is 5.98. The molecule has 0 unspecified atom stereocenters. The molecule has 6 heteroatoms. The Bertz CT molecular complexity index is 733. The van der Waals surface area contributed by atoms with Crippen molar-refractivity contribution >= 4 is 17.5 Å². The molecule has 0 aromatic heterocycles. The zero-order valence-corrected chi connectivity index (χ0v) is 14.8. The van der Waals surface area contributed by atoms with E-state index in [4.69, 9.17) is 25.8 Å². The number of methoxy groups -OCH3 is 3. The summed E-state index contributed by atoms with van der Waals surface area (Å²) in [5, 5.41) is 3.40. The number of rotatable bonds is 6. The average Bonchev–Trinajstić information content (AvgIpc) is 2.60. The van der Waals surface area contributed by atoms with Crippen molar-refractivity contribution in [3.8, 4) is 17.2 Å². The lowest BCUT2D eigenvalue weighted by molar-refractivity contribution is 0.0937. The molecule has 0 saturated carbocycles. The van der Waals surface area contributed by atoms with Crippen molar-refractivity contribution in [1.29, 1.82) is 0 Å². The van der Waals surface area contributed by atoms with Crippen LogP contribution < -0.4 is 19.5 Å². The molecule has 128 valence electrons. The second-order valence-corrected chi connectivity index (χ2v) is 5.59. The van der Waals surface area contributed by atoms with Gasteiger partial charge in [-0.05, 0) is 42.8 Å². The number of carbonyl (C=O) groups excluding carboxylic acids is 1. The van der Waals surface area contributed by atoms with Crippen LogP contribution in [0.25, 0.3) is 0 Å². The molecule has 0 spiro atoms. The molecular weight excluding hydrogens is 330 g/mol. The number of amides is 1. The first-order valence-electron chi connectivity index (χ1n) is 7.36. The molecule has 0 aliphatic carbocycles. The van der Waals surface area contributed by atoms with Gasteiger partial charge in [-0.15, -0.1) is 0 Å². The van der Waals surface area contributed by atoms with Gasteiger partial charge in [-0.25, -0.2) is 0 Å². The number of hydrogen-bond donors (Lipinski definition) is 1. The zero-order valence-electron chi connectivity index (χ0n) is 14.1. The number of hydrogen-bond acceptors (Lipinski definition) is 4. The molecule has 1 N–H and O–H groups in total. The quantitative estimate of drug-likeness (QED) is 0.860. The number of ether oxygens (including phenoxy) is 3. The standard InChI is InChI=1S/C18H20ClNO4/c1-11(12-5-7-16(23-3)17(9-12)24-4)20-18(21)14-10-13(19)6-8-15(14)22-2/h5-11H,1-4H3,(H,20,21)/t11-/m0/s1. The summed E-state index contributed by atoms with van der Waals surface area (Å²) in [5.41, 5.74) is 1.28. The highest BCUT2D eigenvalue weighted by Crippen LogP contribution is 2.30. The minimum Gasteiger partial charge on any atom is -0.496 e. The van der Waals surface area contributed by atoms with Crippen molar-refractivity contribution in [1.82, 2.24) is 5.32 Å². The Balaban J connectivity index is 2.22. The number of nitrogens with one attached hydrogen (secondary N) is 1. The maximum atomic E-state index is 12.5. The molecule has 1 amide bonds. The Morgan fingerprint density at radius 1 is 0.958 bits per heavy atom. The van der Waals surface area contributed by atoms with Crippen molar-refractivity contribution in [2.24, 2.45) is 0 Å². The predicted octanol–water partition coefficient (Wildman–Crippen LogP) is 3.86. The third kappa shape index (κ3) is 3.92. The van der Waals surface area contributed by atoms with Crippen LogP contribution in [0.5, 0.6) is 17.2 Å². The van der Waals surface area contributed by atoms with E-state index in [1.54, 1.807) is 38.5 Å². The summed E-state index contributed by atoms with van der Waals surface area (Å²) in [4.78, 5) is 12.5. The molecular formula is C18H20ClNO4. The maximum absolute atomic E-state index is 12.5. The molecule has 0 fully saturated rings. The molecule has 0 radical (unpaired) electrons. The first-order chi connectivity index (χ1) is 11.5. The second kappa shape index (κ2) is 7.93. The fourth-order valence-electron chi connectivity index (χ4n) is 2.34. The van der Waals surface area contributed by atoms with E-state index in [0.717, 1.165) is 5.56 Å². The molecule has 2 aromatic rings. The van der Waals surface area contributed by atoms with Gasteiger partial charge in [0.15, 0.2) is 11.5 Å². The van der Waals surface area contributed by atoms with Gasteiger partial charge in [0.2, 0.25) is 0 Å². The number of carbonyl (C=O) groups is 1. The number of benzene rings is 2.